The van der Waals surface area contributed by atoms with Crippen molar-refractivity contribution in [3.63, 3.8) is 0 Å². The fraction of sp³-hybridized carbons (Fsp3) is 0.316. The molecule has 168 valence electrons. The molecule has 0 bridgehead atoms. The van der Waals surface area contributed by atoms with E-state index >= 15 is 0 Å². The maximum absolute atomic E-state index is 12.3. The van der Waals surface area contributed by atoms with E-state index in [0.717, 1.165) is 42.3 Å². The number of halogens is 3. The molecule has 1 aliphatic heterocycles. The van der Waals surface area contributed by atoms with Crippen LogP contribution in [0, 0.1) is 0 Å². The van der Waals surface area contributed by atoms with E-state index in [1.54, 1.807) is 6.20 Å². The second kappa shape index (κ2) is 9.34. The Morgan fingerprint density at radius 1 is 1.22 bits per heavy atom. The quantitative estimate of drug-likeness (QED) is 0.567. The normalized spacial score (nSPS) is 16.1. The third-order valence-electron chi connectivity index (χ3n) is 4.44. The monoisotopic (exact) mass is 466 g/mol. The predicted molar refractivity (Wildman–Crippen MR) is 109 cm³/mol. The van der Waals surface area contributed by atoms with Crippen LogP contribution in [0.25, 0.3) is 0 Å². The molecular weight excluding hydrogens is 449 g/mol. The lowest BCUT2D eigenvalue weighted by atomic mass is 10.1. The Balaban J connectivity index is 1.28. The molecule has 3 aromatic rings. The number of ether oxygens (including phenoxy) is 2. The average molecular weight is 466 g/mol. The highest BCUT2D eigenvalue weighted by molar-refractivity contribution is 7.17. The first kappa shape index (κ1) is 21.7. The SMILES string of the molecule is O=C(Cc1cccc(OC(F)(F)F)c1)Nc1nnc(OC2CCN(c3cccnn3)C2)s1. The molecule has 1 aromatic carbocycles. The van der Waals surface area contributed by atoms with Crippen molar-refractivity contribution in [2.75, 3.05) is 23.3 Å². The minimum absolute atomic E-state index is 0.107. The van der Waals surface area contributed by atoms with Gasteiger partial charge in [-0.15, -0.1) is 23.4 Å². The van der Waals surface area contributed by atoms with Gasteiger partial charge in [-0.25, -0.2) is 0 Å². The fourth-order valence-electron chi connectivity index (χ4n) is 3.15. The third kappa shape index (κ3) is 6.03. The molecule has 4 rings (SSSR count). The number of carbonyl (C=O) groups excluding carboxylic acids is 1. The lowest BCUT2D eigenvalue weighted by Crippen LogP contribution is -2.25. The smallest absolute Gasteiger partial charge is 0.464 e. The summed E-state index contributed by atoms with van der Waals surface area (Å²) in [7, 11) is 0. The largest absolute Gasteiger partial charge is 0.573 e. The number of hydrogen-bond acceptors (Lipinski definition) is 9. The molecule has 0 radical (unpaired) electrons. The summed E-state index contributed by atoms with van der Waals surface area (Å²) in [6.45, 7) is 1.39. The zero-order chi connectivity index (χ0) is 22.6. The van der Waals surface area contributed by atoms with Gasteiger partial charge in [0.25, 0.3) is 5.19 Å². The molecule has 1 amide bonds. The van der Waals surface area contributed by atoms with E-state index in [2.05, 4.69) is 35.3 Å². The van der Waals surface area contributed by atoms with Gasteiger partial charge in [0, 0.05) is 19.2 Å². The first-order valence-electron chi connectivity index (χ1n) is 9.51. The highest BCUT2D eigenvalue weighted by Crippen LogP contribution is 2.27. The van der Waals surface area contributed by atoms with Crippen LogP contribution in [0.2, 0.25) is 0 Å². The van der Waals surface area contributed by atoms with E-state index in [1.807, 2.05) is 12.1 Å². The molecule has 1 fully saturated rings. The maximum Gasteiger partial charge on any atom is 0.573 e. The van der Waals surface area contributed by atoms with Crippen LogP contribution in [0.5, 0.6) is 10.9 Å². The minimum atomic E-state index is -4.80. The fourth-order valence-corrected chi connectivity index (χ4v) is 3.82. The second-order valence-corrected chi connectivity index (χ2v) is 7.79. The number of anilines is 2. The van der Waals surface area contributed by atoms with Crippen molar-refractivity contribution in [2.24, 2.45) is 0 Å². The second-order valence-electron chi connectivity index (χ2n) is 6.85. The van der Waals surface area contributed by atoms with Gasteiger partial charge in [0.1, 0.15) is 11.9 Å². The molecular formula is C19H17F3N6O3S. The minimum Gasteiger partial charge on any atom is -0.464 e. The molecule has 13 heteroatoms. The first-order chi connectivity index (χ1) is 15.3. The van der Waals surface area contributed by atoms with Gasteiger partial charge in [-0.2, -0.15) is 5.10 Å². The van der Waals surface area contributed by atoms with Crippen LogP contribution in [0.3, 0.4) is 0 Å². The van der Waals surface area contributed by atoms with Crippen molar-refractivity contribution in [3.05, 3.63) is 48.2 Å². The average Bonchev–Trinajstić information content (AvgIpc) is 3.37. The molecule has 1 saturated heterocycles. The molecule has 3 heterocycles. The molecule has 1 unspecified atom stereocenters. The number of carbonyl (C=O) groups is 1. The predicted octanol–water partition coefficient (Wildman–Crippen LogP) is 3.07. The zero-order valence-electron chi connectivity index (χ0n) is 16.5. The van der Waals surface area contributed by atoms with Crippen molar-refractivity contribution >= 4 is 28.2 Å². The Morgan fingerprint density at radius 3 is 2.88 bits per heavy atom. The number of rotatable bonds is 7. The number of amides is 1. The van der Waals surface area contributed by atoms with E-state index < -0.39 is 12.3 Å². The number of benzene rings is 1. The van der Waals surface area contributed by atoms with Gasteiger partial charge in [0.2, 0.25) is 11.0 Å². The summed E-state index contributed by atoms with van der Waals surface area (Å²) in [5.74, 6) is -0.0680. The van der Waals surface area contributed by atoms with Gasteiger partial charge in [-0.1, -0.05) is 17.2 Å². The number of nitrogens with one attached hydrogen (secondary N) is 1. The Morgan fingerprint density at radius 2 is 2.09 bits per heavy atom. The molecule has 9 nitrogen and oxygen atoms in total. The Hall–Kier alpha value is -3.48. The van der Waals surface area contributed by atoms with Crippen LogP contribution >= 0.6 is 11.3 Å². The summed E-state index contributed by atoms with van der Waals surface area (Å²) in [5.41, 5.74) is 0.361. The molecule has 0 spiro atoms. The molecule has 1 atom stereocenters. The number of hydrogen-bond donors (Lipinski definition) is 1. The van der Waals surface area contributed by atoms with E-state index in [9.17, 15) is 18.0 Å². The third-order valence-corrected chi connectivity index (χ3v) is 5.17. The molecule has 32 heavy (non-hydrogen) atoms. The lowest BCUT2D eigenvalue weighted by molar-refractivity contribution is -0.274. The highest BCUT2D eigenvalue weighted by Gasteiger charge is 2.31. The zero-order valence-corrected chi connectivity index (χ0v) is 17.3. The molecule has 2 aromatic heterocycles. The summed E-state index contributed by atoms with van der Waals surface area (Å²) in [5, 5.41) is 18.9. The maximum atomic E-state index is 12.3. The van der Waals surface area contributed by atoms with Crippen LogP contribution < -0.4 is 19.7 Å². The van der Waals surface area contributed by atoms with Crippen molar-refractivity contribution < 1.29 is 27.4 Å². The van der Waals surface area contributed by atoms with Gasteiger partial charge in [-0.05, 0) is 41.2 Å². The molecule has 1 N–H and O–H groups in total. The first-order valence-corrected chi connectivity index (χ1v) is 10.3. The summed E-state index contributed by atoms with van der Waals surface area (Å²) < 4.78 is 46.7. The van der Waals surface area contributed by atoms with E-state index in [-0.39, 0.29) is 23.4 Å². The summed E-state index contributed by atoms with van der Waals surface area (Å²) >= 11 is 1.07. The van der Waals surface area contributed by atoms with Gasteiger partial charge in [0.15, 0.2) is 5.82 Å². The number of nitrogens with zero attached hydrogens (tertiary/aromatic N) is 5. The molecule has 0 saturated carbocycles. The van der Waals surface area contributed by atoms with Gasteiger partial charge >= 0.3 is 6.36 Å². The Bertz CT molecular complexity index is 1070. The van der Waals surface area contributed by atoms with Gasteiger partial charge in [0.05, 0.1) is 13.0 Å². The number of alkyl halides is 3. The molecule has 0 aliphatic carbocycles. The van der Waals surface area contributed by atoms with Crippen LogP contribution in [-0.2, 0) is 11.2 Å². The van der Waals surface area contributed by atoms with Crippen molar-refractivity contribution in [2.45, 2.75) is 25.3 Å². The Kier molecular flexibility index (Phi) is 6.35. The number of aromatic nitrogens is 4. The van der Waals surface area contributed by atoms with E-state index in [0.29, 0.717) is 17.3 Å². The summed E-state index contributed by atoms with van der Waals surface area (Å²) in [6.07, 6.45) is -2.68. The van der Waals surface area contributed by atoms with Crippen LogP contribution in [-0.4, -0.2) is 51.9 Å². The van der Waals surface area contributed by atoms with E-state index in [4.69, 9.17) is 4.74 Å². The van der Waals surface area contributed by atoms with Crippen molar-refractivity contribution in [3.8, 4) is 10.9 Å². The lowest BCUT2D eigenvalue weighted by Gasteiger charge is -2.16. The summed E-state index contributed by atoms with van der Waals surface area (Å²) in [6, 6.07) is 8.92. The van der Waals surface area contributed by atoms with Crippen LogP contribution in [0.4, 0.5) is 24.1 Å². The topological polar surface area (TPSA) is 102 Å². The van der Waals surface area contributed by atoms with Gasteiger partial charge in [-0.3, -0.25) is 4.79 Å². The van der Waals surface area contributed by atoms with Gasteiger partial charge < -0.3 is 19.7 Å². The van der Waals surface area contributed by atoms with E-state index in [1.165, 1.54) is 12.1 Å². The highest BCUT2D eigenvalue weighted by atomic mass is 32.1. The summed E-state index contributed by atoms with van der Waals surface area (Å²) in [4.78, 5) is 14.3. The van der Waals surface area contributed by atoms with Crippen LogP contribution in [0.15, 0.2) is 42.6 Å². The van der Waals surface area contributed by atoms with Crippen molar-refractivity contribution in [1.29, 1.82) is 0 Å². The molecule has 1 aliphatic rings. The van der Waals surface area contributed by atoms with Crippen molar-refractivity contribution in [1.82, 2.24) is 20.4 Å². The standard InChI is InChI=1S/C19H17F3N6O3S/c20-19(21,22)31-13-4-1-3-12(9-13)10-16(29)24-17-26-27-18(32-17)30-14-6-8-28(11-14)15-5-2-7-23-25-15/h1-5,7,9,14H,6,8,10-11H2,(H,24,26,29). The van der Waals surface area contributed by atoms with Crippen LogP contribution in [0.1, 0.15) is 12.0 Å². The Labute approximate surface area is 184 Å².